The molecule has 0 spiro atoms. The summed E-state index contributed by atoms with van der Waals surface area (Å²) in [6.07, 6.45) is 0.438. The molecule has 1 saturated heterocycles. The van der Waals surface area contributed by atoms with Gasteiger partial charge in [-0.15, -0.1) is 0 Å². The molecular weight excluding hydrogens is 414 g/mol. The molecule has 4 aromatic rings. The van der Waals surface area contributed by atoms with E-state index < -0.39 is 0 Å². The summed E-state index contributed by atoms with van der Waals surface area (Å²) in [5, 5.41) is 0. The molecule has 1 aliphatic rings. The number of rotatable bonds is 7. The van der Waals surface area contributed by atoms with E-state index in [1.54, 1.807) is 7.11 Å². The second kappa shape index (κ2) is 8.98. The molecule has 0 aliphatic carbocycles. The third-order valence-corrected chi connectivity index (χ3v) is 6.22. The number of carbonyl (C=O) groups excluding carboxylic acids is 1. The van der Waals surface area contributed by atoms with Gasteiger partial charge in [-0.05, 0) is 55.0 Å². The van der Waals surface area contributed by atoms with E-state index in [1.165, 1.54) is 0 Å². The van der Waals surface area contributed by atoms with Crippen molar-refractivity contribution in [3.05, 3.63) is 84.2 Å². The summed E-state index contributed by atoms with van der Waals surface area (Å²) in [7, 11) is 1.64. The molecule has 1 aromatic heterocycles. The van der Waals surface area contributed by atoms with Crippen LogP contribution in [0.15, 0.2) is 72.8 Å². The lowest BCUT2D eigenvalue weighted by Crippen LogP contribution is -2.24. The average Bonchev–Trinajstić information content (AvgIpc) is 3.41. The summed E-state index contributed by atoms with van der Waals surface area (Å²) in [4.78, 5) is 19.7. The first-order chi connectivity index (χ1) is 16.1. The number of fused-ring (bicyclic) bond motifs is 1. The maximum Gasteiger partial charge on any atom is 0.227 e. The second-order valence-electron chi connectivity index (χ2n) is 8.33. The van der Waals surface area contributed by atoms with E-state index in [9.17, 15) is 4.79 Å². The highest BCUT2D eigenvalue weighted by Gasteiger charge is 2.34. The van der Waals surface area contributed by atoms with Crippen LogP contribution in [0.25, 0.3) is 11.0 Å². The van der Waals surface area contributed by atoms with Gasteiger partial charge in [-0.1, -0.05) is 30.3 Å². The quantitative estimate of drug-likeness (QED) is 0.407. The molecule has 6 heteroatoms. The Morgan fingerprint density at radius 1 is 1.00 bits per heavy atom. The minimum Gasteiger partial charge on any atom is -0.497 e. The number of ether oxygens (including phenoxy) is 2. The molecule has 3 aromatic carbocycles. The zero-order chi connectivity index (χ0) is 22.8. The molecule has 0 saturated carbocycles. The first-order valence-corrected chi connectivity index (χ1v) is 11.2. The molecule has 0 unspecified atom stereocenters. The van der Waals surface area contributed by atoms with Crippen molar-refractivity contribution in [3.8, 4) is 11.5 Å². The fraction of sp³-hybridized carbons (Fsp3) is 0.259. The van der Waals surface area contributed by atoms with Crippen LogP contribution in [0.2, 0.25) is 0 Å². The van der Waals surface area contributed by atoms with Gasteiger partial charge in [0.2, 0.25) is 5.91 Å². The van der Waals surface area contributed by atoms with E-state index in [-0.39, 0.29) is 11.8 Å². The van der Waals surface area contributed by atoms with E-state index in [2.05, 4.69) is 10.6 Å². The van der Waals surface area contributed by atoms with Gasteiger partial charge in [0, 0.05) is 24.6 Å². The van der Waals surface area contributed by atoms with Gasteiger partial charge in [-0.25, -0.2) is 4.98 Å². The van der Waals surface area contributed by atoms with Crippen molar-refractivity contribution in [1.82, 2.24) is 9.55 Å². The van der Waals surface area contributed by atoms with Gasteiger partial charge in [0.25, 0.3) is 0 Å². The molecule has 1 fully saturated rings. The first kappa shape index (κ1) is 21.1. The van der Waals surface area contributed by atoms with Crippen LogP contribution in [0.5, 0.6) is 11.5 Å². The SMILES string of the molecule is COc1ccc(N2C[C@H](c3nc4ccccc4n3CCOc3ccccc3C)CC2=O)cc1. The van der Waals surface area contributed by atoms with E-state index >= 15 is 0 Å². The van der Waals surface area contributed by atoms with Crippen molar-refractivity contribution < 1.29 is 14.3 Å². The van der Waals surface area contributed by atoms with Gasteiger partial charge in [0.1, 0.15) is 23.9 Å². The van der Waals surface area contributed by atoms with Crippen molar-refractivity contribution in [1.29, 1.82) is 0 Å². The molecule has 168 valence electrons. The fourth-order valence-corrected chi connectivity index (χ4v) is 4.50. The van der Waals surface area contributed by atoms with Crippen LogP contribution in [0, 0.1) is 6.92 Å². The van der Waals surface area contributed by atoms with Gasteiger partial charge in [0.05, 0.1) is 24.7 Å². The largest absolute Gasteiger partial charge is 0.497 e. The number of carbonyl (C=O) groups is 1. The summed E-state index contributed by atoms with van der Waals surface area (Å²) >= 11 is 0. The number of amides is 1. The molecule has 1 amide bonds. The highest BCUT2D eigenvalue weighted by atomic mass is 16.5. The van der Waals surface area contributed by atoms with Crippen molar-refractivity contribution in [2.24, 2.45) is 0 Å². The maximum absolute atomic E-state index is 12.9. The van der Waals surface area contributed by atoms with Crippen LogP contribution in [-0.4, -0.2) is 35.7 Å². The van der Waals surface area contributed by atoms with E-state index in [0.717, 1.165) is 39.6 Å². The molecule has 1 aliphatic heterocycles. The van der Waals surface area contributed by atoms with Crippen LogP contribution in [0.4, 0.5) is 5.69 Å². The standard InChI is InChI=1S/C27H27N3O3/c1-19-7-3-6-10-25(19)33-16-15-29-24-9-5-4-8-23(24)28-27(29)20-17-26(31)30(18-20)21-11-13-22(32-2)14-12-21/h3-14,20H,15-18H2,1-2H3/t20-/m1/s1. The number of aryl methyl sites for hydroxylation is 1. The highest BCUT2D eigenvalue weighted by molar-refractivity contribution is 5.96. The van der Waals surface area contributed by atoms with Gasteiger partial charge >= 0.3 is 0 Å². The summed E-state index contributed by atoms with van der Waals surface area (Å²) < 4.78 is 13.5. The first-order valence-electron chi connectivity index (χ1n) is 11.2. The predicted octanol–water partition coefficient (Wildman–Crippen LogP) is 4.95. The smallest absolute Gasteiger partial charge is 0.227 e. The predicted molar refractivity (Wildman–Crippen MR) is 129 cm³/mol. The van der Waals surface area contributed by atoms with Crippen molar-refractivity contribution >= 4 is 22.6 Å². The number of hydrogen-bond donors (Lipinski definition) is 0. The van der Waals surface area contributed by atoms with Gasteiger partial charge in [-0.3, -0.25) is 4.79 Å². The fourth-order valence-electron chi connectivity index (χ4n) is 4.50. The number of anilines is 1. The minimum atomic E-state index is 0.0189. The van der Waals surface area contributed by atoms with Crippen molar-refractivity contribution in [2.75, 3.05) is 25.2 Å². The Bertz CT molecular complexity index is 1280. The second-order valence-corrected chi connectivity index (χ2v) is 8.33. The van der Waals surface area contributed by atoms with Crippen LogP contribution in [0.1, 0.15) is 23.7 Å². The Kier molecular flexibility index (Phi) is 5.73. The Labute approximate surface area is 193 Å². The number of benzene rings is 3. The van der Waals surface area contributed by atoms with E-state index in [1.807, 2.05) is 78.6 Å². The monoisotopic (exact) mass is 441 g/mol. The lowest BCUT2D eigenvalue weighted by molar-refractivity contribution is -0.117. The lowest BCUT2D eigenvalue weighted by Gasteiger charge is -2.18. The van der Waals surface area contributed by atoms with E-state index in [4.69, 9.17) is 14.5 Å². The van der Waals surface area contributed by atoms with Crippen LogP contribution >= 0.6 is 0 Å². The molecule has 1 atom stereocenters. The highest BCUT2D eigenvalue weighted by Crippen LogP contribution is 2.34. The zero-order valence-corrected chi connectivity index (χ0v) is 18.9. The van der Waals surface area contributed by atoms with Crippen LogP contribution in [-0.2, 0) is 11.3 Å². The summed E-state index contributed by atoms with van der Waals surface area (Å²) in [6, 6.07) is 23.8. The average molecular weight is 442 g/mol. The number of aromatic nitrogens is 2. The molecule has 6 nitrogen and oxygen atoms in total. The number of imidazole rings is 1. The van der Waals surface area contributed by atoms with Crippen LogP contribution in [0.3, 0.4) is 0 Å². The van der Waals surface area contributed by atoms with E-state index in [0.29, 0.717) is 26.1 Å². The maximum atomic E-state index is 12.9. The summed E-state index contributed by atoms with van der Waals surface area (Å²) in [5.41, 5.74) is 4.01. The van der Waals surface area contributed by atoms with Crippen LogP contribution < -0.4 is 14.4 Å². The Morgan fingerprint density at radius 2 is 1.76 bits per heavy atom. The summed E-state index contributed by atoms with van der Waals surface area (Å²) in [6.45, 7) is 3.84. The Morgan fingerprint density at radius 3 is 2.55 bits per heavy atom. The van der Waals surface area contributed by atoms with Gasteiger partial charge in [0.15, 0.2) is 0 Å². The number of hydrogen-bond acceptors (Lipinski definition) is 4. The number of para-hydroxylation sites is 3. The third-order valence-electron chi connectivity index (χ3n) is 6.22. The third kappa shape index (κ3) is 4.16. The topological polar surface area (TPSA) is 56.6 Å². The lowest BCUT2D eigenvalue weighted by atomic mass is 10.1. The number of nitrogens with zero attached hydrogens (tertiary/aromatic N) is 3. The van der Waals surface area contributed by atoms with Gasteiger partial charge in [-0.2, -0.15) is 0 Å². The van der Waals surface area contributed by atoms with Crippen molar-refractivity contribution in [2.45, 2.75) is 25.8 Å². The summed E-state index contributed by atoms with van der Waals surface area (Å²) in [5.74, 6) is 2.74. The minimum absolute atomic E-state index is 0.0189. The molecule has 0 radical (unpaired) electrons. The molecular formula is C27H27N3O3. The Hall–Kier alpha value is -3.80. The molecule has 0 N–H and O–H groups in total. The number of methoxy groups -OCH3 is 1. The zero-order valence-electron chi connectivity index (χ0n) is 18.9. The molecule has 0 bridgehead atoms. The van der Waals surface area contributed by atoms with Crippen molar-refractivity contribution in [3.63, 3.8) is 0 Å². The van der Waals surface area contributed by atoms with Gasteiger partial charge < -0.3 is 18.9 Å². The normalized spacial score (nSPS) is 15.9. The molecule has 33 heavy (non-hydrogen) atoms. The molecule has 5 rings (SSSR count). The Balaban J connectivity index is 1.39. The molecule has 2 heterocycles.